The minimum Gasteiger partial charge on any atom is -0.357 e. The van der Waals surface area contributed by atoms with E-state index in [1.165, 1.54) is 12.0 Å². The third kappa shape index (κ3) is 8.74. The highest BCUT2D eigenvalue weighted by molar-refractivity contribution is 14.0. The zero-order valence-electron chi connectivity index (χ0n) is 18.3. The van der Waals surface area contributed by atoms with Gasteiger partial charge in [0.1, 0.15) is 0 Å². The van der Waals surface area contributed by atoms with E-state index in [0.29, 0.717) is 12.6 Å². The summed E-state index contributed by atoms with van der Waals surface area (Å²) in [5.74, 6) is 0.873. The second-order valence-corrected chi connectivity index (χ2v) is 7.01. The van der Waals surface area contributed by atoms with E-state index in [9.17, 15) is 0 Å². The molecule has 29 heavy (non-hydrogen) atoms. The molecule has 0 aliphatic carbocycles. The Morgan fingerprint density at radius 2 is 1.97 bits per heavy atom. The van der Waals surface area contributed by atoms with Gasteiger partial charge in [0, 0.05) is 25.0 Å². The van der Waals surface area contributed by atoms with Crippen molar-refractivity contribution >= 4 is 29.9 Å². The number of para-hydroxylation sites is 1. The summed E-state index contributed by atoms with van der Waals surface area (Å²) in [6, 6.07) is 8.71. The molecule has 1 heterocycles. The van der Waals surface area contributed by atoms with Crippen molar-refractivity contribution < 1.29 is 0 Å². The molecule has 0 saturated heterocycles. The molecule has 1 aromatic carbocycles. The van der Waals surface area contributed by atoms with Gasteiger partial charge in [-0.1, -0.05) is 32.0 Å². The fourth-order valence-electron chi connectivity index (χ4n) is 3.25. The maximum absolute atomic E-state index is 4.82. The van der Waals surface area contributed by atoms with Crippen LogP contribution in [-0.2, 0) is 6.54 Å². The van der Waals surface area contributed by atoms with Crippen LogP contribution in [0.5, 0.6) is 0 Å². The lowest BCUT2D eigenvalue weighted by Crippen LogP contribution is -2.42. The number of aromatic nitrogens is 2. The first-order chi connectivity index (χ1) is 13.7. The summed E-state index contributed by atoms with van der Waals surface area (Å²) < 4.78 is 2.03. The summed E-state index contributed by atoms with van der Waals surface area (Å²) in [6.45, 7) is 13.7. The Bertz CT molecular complexity index is 697. The van der Waals surface area contributed by atoms with E-state index in [1.54, 1.807) is 6.20 Å². The molecule has 2 aromatic rings. The van der Waals surface area contributed by atoms with E-state index < -0.39 is 0 Å². The van der Waals surface area contributed by atoms with Crippen molar-refractivity contribution in [1.82, 2.24) is 25.1 Å². The topological polar surface area (TPSA) is 57.5 Å². The minimum absolute atomic E-state index is 0. The molecule has 2 N–H and O–H groups in total. The Balaban J connectivity index is 0.00000420. The summed E-state index contributed by atoms with van der Waals surface area (Å²) >= 11 is 0. The van der Waals surface area contributed by atoms with Gasteiger partial charge in [0.05, 0.1) is 18.6 Å². The molecule has 1 aromatic heterocycles. The first-order valence-corrected chi connectivity index (χ1v) is 10.5. The Kier molecular flexibility index (Phi) is 12.6. The second-order valence-electron chi connectivity index (χ2n) is 7.01. The van der Waals surface area contributed by atoms with Gasteiger partial charge in [-0.25, -0.2) is 9.98 Å². The molecule has 0 spiro atoms. The van der Waals surface area contributed by atoms with Crippen molar-refractivity contribution in [3.05, 3.63) is 48.5 Å². The number of nitrogens with one attached hydrogen (secondary N) is 2. The summed E-state index contributed by atoms with van der Waals surface area (Å²) in [5, 5.41) is 6.92. The van der Waals surface area contributed by atoms with Crippen LogP contribution >= 0.6 is 24.0 Å². The fraction of sp³-hybridized carbons (Fsp3) is 0.545. The number of nitrogens with zero attached hydrogens (tertiary/aromatic N) is 4. The highest BCUT2D eigenvalue weighted by atomic mass is 127. The smallest absolute Gasteiger partial charge is 0.191 e. The highest BCUT2D eigenvalue weighted by Gasteiger charge is 2.08. The first-order valence-electron chi connectivity index (χ1n) is 10.5. The van der Waals surface area contributed by atoms with Crippen LogP contribution < -0.4 is 10.6 Å². The van der Waals surface area contributed by atoms with Crippen LogP contribution in [0.25, 0.3) is 5.69 Å². The zero-order valence-corrected chi connectivity index (χ0v) is 20.6. The average molecular weight is 512 g/mol. The molecule has 162 valence electrons. The van der Waals surface area contributed by atoms with Gasteiger partial charge in [0.2, 0.25) is 0 Å². The van der Waals surface area contributed by atoms with Crippen molar-refractivity contribution in [2.24, 2.45) is 4.99 Å². The summed E-state index contributed by atoms with van der Waals surface area (Å²) in [5.41, 5.74) is 2.29. The van der Waals surface area contributed by atoms with Gasteiger partial charge >= 0.3 is 0 Å². The van der Waals surface area contributed by atoms with Crippen molar-refractivity contribution in [2.45, 2.75) is 53.1 Å². The Hall–Kier alpha value is -1.61. The lowest BCUT2D eigenvalue weighted by Gasteiger charge is -2.21. The van der Waals surface area contributed by atoms with E-state index in [-0.39, 0.29) is 24.0 Å². The molecule has 0 saturated carbocycles. The normalized spacial score (nSPS) is 12.5. The van der Waals surface area contributed by atoms with Crippen molar-refractivity contribution in [1.29, 1.82) is 0 Å². The van der Waals surface area contributed by atoms with Gasteiger partial charge in [0.15, 0.2) is 5.96 Å². The van der Waals surface area contributed by atoms with Crippen LogP contribution in [0, 0.1) is 0 Å². The average Bonchev–Trinajstić information content (AvgIpc) is 3.24. The predicted octanol–water partition coefficient (Wildman–Crippen LogP) is 4.06. The Morgan fingerprint density at radius 3 is 2.62 bits per heavy atom. The second kappa shape index (κ2) is 14.4. The monoisotopic (exact) mass is 512 g/mol. The maximum Gasteiger partial charge on any atom is 0.191 e. The molecule has 6 nitrogen and oxygen atoms in total. The fourth-order valence-corrected chi connectivity index (χ4v) is 3.25. The standard InChI is InChI=1S/C22H36N6.HI/c1-5-24-22(26-19(4)11-10-15-27(6-2)7-3)25-17-20-12-8-9-13-21(20)28-16-14-23-18-28;/h8-9,12-14,16,18-19H,5-7,10-11,15,17H2,1-4H3,(H2,24,25,26);1H. The first kappa shape index (κ1) is 25.4. The molecule has 1 atom stereocenters. The maximum atomic E-state index is 4.82. The van der Waals surface area contributed by atoms with Gasteiger partial charge < -0.3 is 20.1 Å². The van der Waals surface area contributed by atoms with Crippen LogP contribution in [0.1, 0.15) is 46.1 Å². The summed E-state index contributed by atoms with van der Waals surface area (Å²) in [4.78, 5) is 11.4. The molecule has 0 fully saturated rings. The number of rotatable bonds is 11. The highest BCUT2D eigenvalue weighted by Crippen LogP contribution is 2.15. The number of halogens is 1. The largest absolute Gasteiger partial charge is 0.357 e. The molecular formula is C22H37IN6. The Labute approximate surface area is 193 Å². The lowest BCUT2D eigenvalue weighted by atomic mass is 10.1. The number of guanidine groups is 1. The molecule has 0 radical (unpaired) electrons. The third-order valence-corrected chi connectivity index (χ3v) is 4.91. The van der Waals surface area contributed by atoms with Gasteiger partial charge in [-0.05, 0) is 58.0 Å². The molecule has 7 heteroatoms. The summed E-state index contributed by atoms with van der Waals surface area (Å²) in [6.07, 6.45) is 7.91. The van der Waals surface area contributed by atoms with Crippen LogP contribution in [0.2, 0.25) is 0 Å². The van der Waals surface area contributed by atoms with Gasteiger partial charge in [-0.15, -0.1) is 24.0 Å². The van der Waals surface area contributed by atoms with Gasteiger partial charge in [-0.2, -0.15) is 0 Å². The van der Waals surface area contributed by atoms with E-state index in [1.807, 2.05) is 23.2 Å². The van der Waals surface area contributed by atoms with Crippen LogP contribution in [0.3, 0.4) is 0 Å². The number of hydrogen-bond donors (Lipinski definition) is 2. The molecule has 0 aliphatic rings. The quantitative estimate of drug-likeness (QED) is 0.271. The SMILES string of the molecule is CCNC(=NCc1ccccc1-n1ccnc1)NC(C)CCCN(CC)CC.I. The molecule has 2 rings (SSSR count). The molecular weight excluding hydrogens is 475 g/mol. The Morgan fingerprint density at radius 1 is 1.21 bits per heavy atom. The number of hydrogen-bond acceptors (Lipinski definition) is 3. The number of imidazole rings is 1. The van der Waals surface area contributed by atoms with Gasteiger partial charge in [0.25, 0.3) is 0 Å². The third-order valence-electron chi connectivity index (χ3n) is 4.91. The van der Waals surface area contributed by atoms with Crippen molar-refractivity contribution in [2.75, 3.05) is 26.2 Å². The summed E-state index contributed by atoms with van der Waals surface area (Å²) in [7, 11) is 0. The zero-order chi connectivity index (χ0) is 20.2. The van der Waals surface area contributed by atoms with E-state index in [0.717, 1.165) is 44.2 Å². The van der Waals surface area contributed by atoms with E-state index in [2.05, 4.69) is 66.4 Å². The van der Waals surface area contributed by atoms with Crippen LogP contribution in [-0.4, -0.2) is 52.6 Å². The lowest BCUT2D eigenvalue weighted by molar-refractivity contribution is 0.292. The molecule has 0 aliphatic heterocycles. The minimum atomic E-state index is 0. The van der Waals surface area contributed by atoms with Crippen molar-refractivity contribution in [3.8, 4) is 5.69 Å². The van der Waals surface area contributed by atoms with Crippen LogP contribution in [0.15, 0.2) is 48.0 Å². The van der Waals surface area contributed by atoms with Crippen LogP contribution in [0.4, 0.5) is 0 Å². The molecule has 0 bridgehead atoms. The molecule has 1 unspecified atom stereocenters. The number of aliphatic imine (C=N–C) groups is 1. The molecule has 0 amide bonds. The van der Waals surface area contributed by atoms with E-state index in [4.69, 9.17) is 4.99 Å². The van der Waals surface area contributed by atoms with Gasteiger partial charge in [-0.3, -0.25) is 0 Å². The van der Waals surface area contributed by atoms with Crippen molar-refractivity contribution in [3.63, 3.8) is 0 Å². The predicted molar refractivity (Wildman–Crippen MR) is 133 cm³/mol. The number of benzene rings is 1. The van der Waals surface area contributed by atoms with E-state index >= 15 is 0 Å².